The van der Waals surface area contributed by atoms with Crippen molar-refractivity contribution >= 4 is 16.7 Å². The summed E-state index contributed by atoms with van der Waals surface area (Å²) in [5, 5.41) is 0.960. The van der Waals surface area contributed by atoms with Gasteiger partial charge in [0, 0.05) is 17.1 Å². The highest BCUT2D eigenvalue weighted by molar-refractivity contribution is 6.09. The Bertz CT molecular complexity index is 672. The van der Waals surface area contributed by atoms with Crippen LogP contribution in [0, 0.1) is 0 Å². The molecule has 3 aromatic rings. The molecule has 0 bridgehead atoms. The third-order valence-corrected chi connectivity index (χ3v) is 2.64. The summed E-state index contributed by atoms with van der Waals surface area (Å²) in [6, 6.07) is 11.2. The Balaban J connectivity index is 2.09. The van der Waals surface area contributed by atoms with Crippen LogP contribution in [0.5, 0.6) is 0 Å². The Morgan fingerprint density at radius 2 is 2.00 bits per heavy atom. The molecule has 2 heterocycles. The lowest BCUT2D eigenvalue weighted by Gasteiger charge is -2.00. The Labute approximate surface area is 97.7 Å². The van der Waals surface area contributed by atoms with Gasteiger partial charge in [-0.15, -0.1) is 0 Å². The number of aromatic nitrogens is 1. The van der Waals surface area contributed by atoms with Crippen LogP contribution in [0.4, 0.5) is 0 Å². The number of para-hydroxylation sites is 1. The first-order valence-corrected chi connectivity index (χ1v) is 5.26. The van der Waals surface area contributed by atoms with E-state index in [2.05, 4.69) is 4.98 Å². The van der Waals surface area contributed by atoms with Crippen molar-refractivity contribution in [2.45, 2.75) is 0 Å². The van der Waals surface area contributed by atoms with E-state index in [1.54, 1.807) is 12.3 Å². The number of nitrogens with zero attached hydrogens (tertiary/aromatic N) is 1. The number of fused-ring (bicyclic) bond motifs is 1. The van der Waals surface area contributed by atoms with E-state index in [1.807, 2.05) is 30.3 Å². The molecule has 0 aliphatic rings. The molecule has 0 aliphatic carbocycles. The number of hydrogen-bond donors (Lipinski definition) is 0. The van der Waals surface area contributed by atoms with Gasteiger partial charge in [0.2, 0.25) is 0 Å². The van der Waals surface area contributed by atoms with Crippen molar-refractivity contribution in [3.63, 3.8) is 0 Å². The van der Waals surface area contributed by atoms with Crippen LogP contribution in [0.25, 0.3) is 10.9 Å². The molecule has 0 radical (unpaired) electrons. The molecule has 17 heavy (non-hydrogen) atoms. The molecule has 3 rings (SSSR count). The average Bonchev–Trinajstić information content (AvgIpc) is 2.91. The lowest BCUT2D eigenvalue weighted by Crippen LogP contribution is -2.00. The van der Waals surface area contributed by atoms with E-state index >= 15 is 0 Å². The zero-order valence-electron chi connectivity index (χ0n) is 8.96. The van der Waals surface area contributed by atoms with E-state index in [1.165, 1.54) is 12.5 Å². The molecule has 3 nitrogen and oxygen atoms in total. The fourth-order valence-corrected chi connectivity index (χ4v) is 1.76. The topological polar surface area (TPSA) is 43.1 Å². The largest absolute Gasteiger partial charge is 0.472 e. The lowest BCUT2D eigenvalue weighted by molar-refractivity contribution is 0.103. The highest BCUT2D eigenvalue weighted by Gasteiger charge is 2.10. The minimum absolute atomic E-state index is 0.0722. The van der Waals surface area contributed by atoms with Gasteiger partial charge in [0.15, 0.2) is 5.78 Å². The predicted octanol–water partition coefficient (Wildman–Crippen LogP) is 3.06. The third kappa shape index (κ3) is 1.72. The first kappa shape index (κ1) is 9.78. The minimum atomic E-state index is -0.0722. The number of pyridine rings is 1. The summed E-state index contributed by atoms with van der Waals surface area (Å²) in [4.78, 5) is 16.3. The summed E-state index contributed by atoms with van der Waals surface area (Å²) in [5.41, 5.74) is 2.00. The van der Waals surface area contributed by atoms with Gasteiger partial charge < -0.3 is 4.42 Å². The quantitative estimate of drug-likeness (QED) is 0.627. The summed E-state index contributed by atoms with van der Waals surface area (Å²) in [6.45, 7) is 0. The van der Waals surface area contributed by atoms with Crippen molar-refractivity contribution in [3.05, 3.63) is 66.2 Å². The maximum absolute atomic E-state index is 12.1. The molecule has 82 valence electrons. The SMILES string of the molecule is O=C(c1ccoc1)c1cnc2ccccc2c1. The number of ketones is 1. The Morgan fingerprint density at radius 3 is 2.82 bits per heavy atom. The molecule has 0 atom stereocenters. The number of furan rings is 1. The van der Waals surface area contributed by atoms with Gasteiger partial charge in [0.25, 0.3) is 0 Å². The second-order valence-corrected chi connectivity index (χ2v) is 3.76. The molecular weight excluding hydrogens is 214 g/mol. The van der Waals surface area contributed by atoms with Gasteiger partial charge in [-0.3, -0.25) is 9.78 Å². The smallest absolute Gasteiger partial charge is 0.197 e. The molecule has 0 fully saturated rings. The molecule has 1 aromatic carbocycles. The molecule has 0 unspecified atom stereocenters. The van der Waals surface area contributed by atoms with Crippen molar-refractivity contribution in [1.82, 2.24) is 4.98 Å². The van der Waals surface area contributed by atoms with Crippen LogP contribution in [-0.2, 0) is 0 Å². The van der Waals surface area contributed by atoms with Crippen LogP contribution in [0.1, 0.15) is 15.9 Å². The van der Waals surface area contributed by atoms with Crippen LogP contribution >= 0.6 is 0 Å². The Kier molecular flexibility index (Phi) is 2.22. The Hall–Kier alpha value is -2.42. The number of benzene rings is 1. The molecule has 0 saturated heterocycles. The maximum atomic E-state index is 12.1. The summed E-state index contributed by atoms with van der Waals surface area (Å²) in [5.74, 6) is -0.0722. The lowest BCUT2D eigenvalue weighted by atomic mass is 10.1. The predicted molar refractivity (Wildman–Crippen MR) is 63.9 cm³/mol. The van der Waals surface area contributed by atoms with E-state index in [9.17, 15) is 4.79 Å². The number of carbonyl (C=O) groups is 1. The second-order valence-electron chi connectivity index (χ2n) is 3.76. The standard InChI is InChI=1S/C14H9NO2/c16-14(11-5-6-17-9-11)12-7-10-3-1-2-4-13(10)15-8-12/h1-9H. The van der Waals surface area contributed by atoms with E-state index in [-0.39, 0.29) is 5.78 Å². The molecule has 0 N–H and O–H groups in total. The molecule has 0 saturated carbocycles. The van der Waals surface area contributed by atoms with Gasteiger partial charge in [0.1, 0.15) is 6.26 Å². The van der Waals surface area contributed by atoms with Crippen LogP contribution < -0.4 is 0 Å². The Morgan fingerprint density at radius 1 is 1.12 bits per heavy atom. The van der Waals surface area contributed by atoms with Gasteiger partial charge in [-0.2, -0.15) is 0 Å². The molecule has 0 amide bonds. The number of hydrogen-bond acceptors (Lipinski definition) is 3. The van der Waals surface area contributed by atoms with E-state index in [0.29, 0.717) is 11.1 Å². The summed E-state index contributed by atoms with van der Waals surface area (Å²) in [6.07, 6.45) is 4.52. The van der Waals surface area contributed by atoms with Crippen LogP contribution in [0.2, 0.25) is 0 Å². The van der Waals surface area contributed by atoms with Gasteiger partial charge in [-0.25, -0.2) is 0 Å². The highest BCUT2D eigenvalue weighted by Crippen LogP contribution is 2.15. The monoisotopic (exact) mass is 223 g/mol. The molecule has 0 aliphatic heterocycles. The van der Waals surface area contributed by atoms with Crippen molar-refractivity contribution in [3.8, 4) is 0 Å². The van der Waals surface area contributed by atoms with E-state index < -0.39 is 0 Å². The van der Waals surface area contributed by atoms with E-state index in [0.717, 1.165) is 10.9 Å². The second kappa shape index (κ2) is 3.87. The molecular formula is C14H9NO2. The van der Waals surface area contributed by atoms with Crippen molar-refractivity contribution in [2.24, 2.45) is 0 Å². The molecule has 0 spiro atoms. The average molecular weight is 223 g/mol. The van der Waals surface area contributed by atoms with Crippen LogP contribution in [0.15, 0.2) is 59.5 Å². The number of rotatable bonds is 2. The van der Waals surface area contributed by atoms with Crippen molar-refractivity contribution < 1.29 is 9.21 Å². The summed E-state index contributed by atoms with van der Waals surface area (Å²) < 4.78 is 4.90. The first-order valence-electron chi connectivity index (χ1n) is 5.26. The molecule has 2 aromatic heterocycles. The zero-order chi connectivity index (χ0) is 11.7. The highest BCUT2D eigenvalue weighted by atomic mass is 16.3. The van der Waals surface area contributed by atoms with E-state index in [4.69, 9.17) is 4.42 Å². The van der Waals surface area contributed by atoms with Gasteiger partial charge in [0.05, 0.1) is 17.3 Å². The zero-order valence-corrected chi connectivity index (χ0v) is 8.96. The van der Waals surface area contributed by atoms with Gasteiger partial charge >= 0.3 is 0 Å². The van der Waals surface area contributed by atoms with Crippen molar-refractivity contribution in [1.29, 1.82) is 0 Å². The van der Waals surface area contributed by atoms with Crippen molar-refractivity contribution in [2.75, 3.05) is 0 Å². The normalized spacial score (nSPS) is 10.6. The summed E-state index contributed by atoms with van der Waals surface area (Å²) >= 11 is 0. The first-order chi connectivity index (χ1) is 8.34. The molecule has 3 heteroatoms. The van der Waals surface area contributed by atoms with Crippen LogP contribution in [0.3, 0.4) is 0 Å². The maximum Gasteiger partial charge on any atom is 0.197 e. The summed E-state index contributed by atoms with van der Waals surface area (Å²) in [7, 11) is 0. The minimum Gasteiger partial charge on any atom is -0.472 e. The van der Waals surface area contributed by atoms with Crippen LogP contribution in [-0.4, -0.2) is 10.8 Å². The van der Waals surface area contributed by atoms with Gasteiger partial charge in [-0.1, -0.05) is 18.2 Å². The van der Waals surface area contributed by atoms with Gasteiger partial charge in [-0.05, 0) is 18.2 Å². The fraction of sp³-hybridized carbons (Fsp3) is 0. The fourth-order valence-electron chi connectivity index (χ4n) is 1.76. The third-order valence-electron chi connectivity index (χ3n) is 2.64. The number of carbonyl (C=O) groups excluding carboxylic acids is 1.